The molecule has 1 heterocycles. The number of amides is 1. The van der Waals surface area contributed by atoms with E-state index in [1.54, 1.807) is 11.3 Å². The number of para-hydroxylation sites is 1. The predicted octanol–water partition coefficient (Wildman–Crippen LogP) is 5.58. The highest BCUT2D eigenvalue weighted by Gasteiger charge is 2.35. The molecule has 1 N–H and O–H groups in total. The summed E-state index contributed by atoms with van der Waals surface area (Å²) in [5, 5.41) is 4.17. The van der Waals surface area contributed by atoms with E-state index in [1.807, 2.05) is 37.1 Å². The molecule has 0 atom stereocenters. The average Bonchev–Trinajstić information content (AvgIpc) is 2.92. The van der Waals surface area contributed by atoms with Gasteiger partial charge in [-0.1, -0.05) is 17.7 Å². The second kappa shape index (κ2) is 8.41. The van der Waals surface area contributed by atoms with Gasteiger partial charge in [-0.2, -0.15) is 13.2 Å². The van der Waals surface area contributed by atoms with Crippen LogP contribution in [0.2, 0.25) is 5.02 Å². The van der Waals surface area contributed by atoms with Crippen molar-refractivity contribution in [2.24, 2.45) is 0 Å². The van der Waals surface area contributed by atoms with Crippen LogP contribution in [0.4, 0.5) is 18.9 Å². The van der Waals surface area contributed by atoms with E-state index < -0.39 is 23.3 Å². The molecule has 0 saturated carbocycles. The Morgan fingerprint density at radius 3 is 2.54 bits per heavy atom. The molecule has 2 rings (SSSR count). The van der Waals surface area contributed by atoms with Gasteiger partial charge in [-0.3, -0.25) is 9.69 Å². The lowest BCUT2D eigenvalue weighted by atomic mass is 10.1. The van der Waals surface area contributed by atoms with E-state index in [0.29, 0.717) is 6.54 Å². The summed E-state index contributed by atoms with van der Waals surface area (Å²) in [4.78, 5) is 15.4. The lowest BCUT2D eigenvalue weighted by Gasteiger charge is -2.26. The number of thiophene rings is 1. The first-order valence-corrected chi connectivity index (χ1v) is 9.28. The van der Waals surface area contributed by atoms with Crippen molar-refractivity contribution in [3.8, 4) is 0 Å². The second-order valence-corrected chi connectivity index (χ2v) is 7.64. The van der Waals surface area contributed by atoms with Gasteiger partial charge in [0.15, 0.2) is 0 Å². The fourth-order valence-corrected chi connectivity index (χ4v) is 3.57. The zero-order chi connectivity index (χ0) is 19.5. The Labute approximate surface area is 159 Å². The molecule has 3 nitrogen and oxygen atoms in total. The highest BCUT2D eigenvalue weighted by molar-refractivity contribution is 7.10. The number of benzene rings is 1. The molecule has 0 aliphatic rings. The molecule has 0 fully saturated rings. The zero-order valence-electron chi connectivity index (χ0n) is 14.7. The normalized spacial score (nSPS) is 12.0. The van der Waals surface area contributed by atoms with E-state index in [4.69, 9.17) is 11.6 Å². The number of carbonyl (C=O) groups is 1. The fraction of sp³-hybridized carbons (Fsp3) is 0.389. The third-order valence-electron chi connectivity index (χ3n) is 3.98. The van der Waals surface area contributed by atoms with E-state index >= 15 is 0 Å². The molecule has 0 bridgehead atoms. The standard InChI is InChI=1S/C18H20ClF3N2OS/c1-11(2)24(9-15-12(3)7-8-26-15)10-16(25)23-17-13(18(20,21)22)5-4-6-14(17)19/h4-8,11H,9-10H2,1-3H3,(H,23,25). The van der Waals surface area contributed by atoms with E-state index in [9.17, 15) is 18.0 Å². The smallest absolute Gasteiger partial charge is 0.323 e. The number of hydrogen-bond acceptors (Lipinski definition) is 3. The molecule has 0 unspecified atom stereocenters. The molecule has 142 valence electrons. The summed E-state index contributed by atoms with van der Waals surface area (Å²) in [5.74, 6) is -0.536. The van der Waals surface area contributed by atoms with E-state index in [-0.39, 0.29) is 17.6 Å². The van der Waals surface area contributed by atoms with Gasteiger partial charge in [-0.15, -0.1) is 11.3 Å². The third-order valence-corrected chi connectivity index (χ3v) is 5.30. The topological polar surface area (TPSA) is 32.3 Å². The van der Waals surface area contributed by atoms with Crippen molar-refractivity contribution in [3.05, 3.63) is 50.7 Å². The van der Waals surface area contributed by atoms with Crippen molar-refractivity contribution in [2.45, 2.75) is 39.5 Å². The van der Waals surface area contributed by atoms with Gasteiger partial charge in [-0.05, 0) is 49.9 Å². The molecule has 0 radical (unpaired) electrons. The molecular formula is C18H20ClF3N2OS. The summed E-state index contributed by atoms with van der Waals surface area (Å²) in [5.41, 5.74) is -0.224. The van der Waals surface area contributed by atoms with Gasteiger partial charge < -0.3 is 5.32 Å². The molecule has 26 heavy (non-hydrogen) atoms. The molecule has 0 saturated heterocycles. The Kier molecular flexibility index (Phi) is 6.71. The molecule has 0 aliphatic carbocycles. The van der Waals surface area contributed by atoms with Crippen LogP contribution in [0.5, 0.6) is 0 Å². The van der Waals surface area contributed by atoms with Crippen LogP contribution in [0.25, 0.3) is 0 Å². The Morgan fingerprint density at radius 2 is 2.00 bits per heavy atom. The van der Waals surface area contributed by atoms with Crippen LogP contribution in [0.3, 0.4) is 0 Å². The van der Waals surface area contributed by atoms with Crippen LogP contribution in [-0.4, -0.2) is 23.4 Å². The van der Waals surface area contributed by atoms with E-state index in [2.05, 4.69) is 5.32 Å². The second-order valence-electron chi connectivity index (χ2n) is 6.23. The van der Waals surface area contributed by atoms with Gasteiger partial charge in [0.25, 0.3) is 0 Å². The van der Waals surface area contributed by atoms with Gasteiger partial charge in [0.2, 0.25) is 5.91 Å². The minimum atomic E-state index is -4.60. The Bertz CT molecular complexity index is 774. The number of anilines is 1. The van der Waals surface area contributed by atoms with Crippen LogP contribution in [0, 0.1) is 6.92 Å². The van der Waals surface area contributed by atoms with Crippen LogP contribution in [-0.2, 0) is 17.5 Å². The van der Waals surface area contributed by atoms with Gasteiger partial charge in [-0.25, -0.2) is 0 Å². The minimum absolute atomic E-state index is 0.0302. The minimum Gasteiger partial charge on any atom is -0.323 e. The fourth-order valence-electron chi connectivity index (χ4n) is 2.42. The van der Waals surface area contributed by atoms with Crippen molar-refractivity contribution in [3.63, 3.8) is 0 Å². The molecule has 1 aromatic heterocycles. The number of nitrogens with one attached hydrogen (secondary N) is 1. The molecule has 8 heteroatoms. The summed E-state index contributed by atoms with van der Waals surface area (Å²) in [7, 11) is 0. The van der Waals surface area contributed by atoms with Gasteiger partial charge in [0.05, 0.1) is 22.8 Å². The number of carbonyl (C=O) groups excluding carboxylic acids is 1. The van der Waals surface area contributed by atoms with Crippen LogP contribution < -0.4 is 5.32 Å². The zero-order valence-corrected chi connectivity index (χ0v) is 16.2. The van der Waals surface area contributed by atoms with E-state index in [1.165, 1.54) is 12.1 Å². The average molecular weight is 405 g/mol. The summed E-state index contributed by atoms with van der Waals surface area (Å²) in [6.45, 7) is 6.39. The summed E-state index contributed by atoms with van der Waals surface area (Å²) in [6, 6.07) is 5.48. The number of hydrogen-bond donors (Lipinski definition) is 1. The third kappa shape index (κ3) is 5.22. The maximum atomic E-state index is 13.1. The molecule has 2 aromatic rings. The number of nitrogens with zero attached hydrogens (tertiary/aromatic N) is 1. The van der Waals surface area contributed by atoms with Crippen LogP contribution in [0.1, 0.15) is 29.9 Å². The lowest BCUT2D eigenvalue weighted by molar-refractivity contribution is -0.137. The first-order valence-electron chi connectivity index (χ1n) is 8.02. The number of halogens is 4. The number of rotatable bonds is 6. The number of alkyl halides is 3. The maximum absolute atomic E-state index is 13.1. The van der Waals surface area contributed by atoms with Gasteiger partial charge >= 0.3 is 6.18 Å². The first-order chi connectivity index (χ1) is 12.1. The largest absolute Gasteiger partial charge is 0.418 e. The van der Waals surface area contributed by atoms with Crippen molar-refractivity contribution in [1.29, 1.82) is 0 Å². The molecule has 1 aromatic carbocycles. The monoisotopic (exact) mass is 404 g/mol. The maximum Gasteiger partial charge on any atom is 0.418 e. The van der Waals surface area contributed by atoms with Crippen molar-refractivity contribution in [1.82, 2.24) is 4.90 Å². The van der Waals surface area contributed by atoms with Crippen LogP contribution >= 0.6 is 22.9 Å². The van der Waals surface area contributed by atoms with Crippen molar-refractivity contribution < 1.29 is 18.0 Å². The van der Waals surface area contributed by atoms with Crippen molar-refractivity contribution >= 4 is 34.5 Å². The summed E-state index contributed by atoms with van der Waals surface area (Å²) < 4.78 is 39.4. The molecule has 0 spiro atoms. The van der Waals surface area contributed by atoms with Gasteiger partial charge in [0, 0.05) is 17.5 Å². The van der Waals surface area contributed by atoms with Crippen molar-refractivity contribution in [2.75, 3.05) is 11.9 Å². The molecule has 0 aliphatic heterocycles. The Morgan fingerprint density at radius 1 is 1.31 bits per heavy atom. The summed E-state index contributed by atoms with van der Waals surface area (Å²) >= 11 is 7.48. The molecule has 1 amide bonds. The Hall–Kier alpha value is -1.57. The van der Waals surface area contributed by atoms with E-state index in [0.717, 1.165) is 16.5 Å². The predicted molar refractivity (Wildman–Crippen MR) is 99.7 cm³/mol. The quantitative estimate of drug-likeness (QED) is 0.681. The highest BCUT2D eigenvalue weighted by atomic mass is 35.5. The van der Waals surface area contributed by atoms with Crippen LogP contribution in [0.15, 0.2) is 29.6 Å². The first kappa shape index (κ1) is 20.7. The Balaban J connectivity index is 2.15. The number of aryl methyl sites for hydroxylation is 1. The summed E-state index contributed by atoms with van der Waals surface area (Å²) in [6.07, 6.45) is -4.60. The molecular weight excluding hydrogens is 385 g/mol. The lowest BCUT2D eigenvalue weighted by Crippen LogP contribution is -2.37. The SMILES string of the molecule is Cc1ccsc1CN(CC(=O)Nc1c(Cl)cccc1C(F)(F)F)C(C)C. The van der Waals surface area contributed by atoms with Gasteiger partial charge in [0.1, 0.15) is 0 Å². The highest BCUT2D eigenvalue weighted by Crippen LogP contribution is 2.38.